The summed E-state index contributed by atoms with van der Waals surface area (Å²) in [7, 11) is 0. The fraction of sp³-hybridized carbons (Fsp3) is 0.217. The van der Waals surface area contributed by atoms with Crippen molar-refractivity contribution in [3.05, 3.63) is 66.2 Å². The third-order valence-corrected chi connectivity index (χ3v) is 5.81. The molecule has 4 rings (SSSR count). The molecular weight excluding hydrogens is 308 g/mol. The molecule has 0 fully saturated rings. The fourth-order valence-corrected chi connectivity index (χ4v) is 4.42. The van der Waals surface area contributed by atoms with E-state index in [0.29, 0.717) is 0 Å². The lowest BCUT2D eigenvalue weighted by Gasteiger charge is -2.10. The zero-order chi connectivity index (χ0) is 16.5. The van der Waals surface area contributed by atoms with Gasteiger partial charge in [-0.3, -0.25) is 0 Å². The average molecular weight is 330 g/mol. The van der Waals surface area contributed by atoms with E-state index in [1.165, 1.54) is 61.4 Å². The summed E-state index contributed by atoms with van der Waals surface area (Å²) in [6.45, 7) is 4.42. The predicted molar refractivity (Wildman–Crippen MR) is 109 cm³/mol. The zero-order valence-corrected chi connectivity index (χ0v) is 15.1. The highest BCUT2D eigenvalue weighted by Crippen LogP contribution is 2.34. The van der Waals surface area contributed by atoms with Gasteiger partial charge in [0.2, 0.25) is 0 Å². The van der Waals surface area contributed by atoms with E-state index in [1.807, 2.05) is 11.8 Å². The summed E-state index contributed by atoms with van der Waals surface area (Å²) in [6.07, 6.45) is 2.54. The molecule has 4 aromatic carbocycles. The van der Waals surface area contributed by atoms with Crippen molar-refractivity contribution in [1.29, 1.82) is 0 Å². The molecule has 0 radical (unpaired) electrons. The van der Waals surface area contributed by atoms with Gasteiger partial charge in [0.25, 0.3) is 0 Å². The Labute approximate surface area is 147 Å². The van der Waals surface area contributed by atoms with E-state index >= 15 is 0 Å². The second-order valence-corrected chi connectivity index (χ2v) is 7.70. The summed E-state index contributed by atoms with van der Waals surface area (Å²) in [4.78, 5) is 1.38. The summed E-state index contributed by atoms with van der Waals surface area (Å²) in [5, 5.41) is 8.11. The average Bonchev–Trinajstić information content (AvgIpc) is 2.61. The Kier molecular flexibility index (Phi) is 4.20. The molecule has 0 N–H and O–H groups in total. The molecular formula is C23H22S. The third-order valence-electron chi connectivity index (χ3n) is 4.73. The van der Waals surface area contributed by atoms with E-state index in [-0.39, 0.29) is 0 Å². The smallest absolute Gasteiger partial charge is 0.00785 e. The first-order valence-corrected chi connectivity index (χ1v) is 9.73. The van der Waals surface area contributed by atoms with Crippen LogP contribution in [0.3, 0.4) is 0 Å². The topological polar surface area (TPSA) is 0 Å². The van der Waals surface area contributed by atoms with Gasteiger partial charge >= 0.3 is 0 Å². The minimum absolute atomic E-state index is 1.20. The number of fused-ring (bicyclic) bond motifs is 5. The van der Waals surface area contributed by atoms with Gasteiger partial charge in [-0.05, 0) is 63.5 Å². The van der Waals surface area contributed by atoms with Crippen LogP contribution in [0.2, 0.25) is 0 Å². The molecule has 0 aliphatic heterocycles. The Hall–Kier alpha value is -1.99. The van der Waals surface area contributed by atoms with Crippen LogP contribution in [-0.4, -0.2) is 5.75 Å². The lowest BCUT2D eigenvalue weighted by molar-refractivity contribution is 0.896. The molecule has 0 nitrogen and oxygen atoms in total. The van der Waals surface area contributed by atoms with Crippen LogP contribution in [0.5, 0.6) is 0 Å². The Morgan fingerprint density at radius 3 is 2.04 bits per heavy atom. The van der Waals surface area contributed by atoms with Gasteiger partial charge < -0.3 is 0 Å². The summed E-state index contributed by atoms with van der Waals surface area (Å²) in [5.41, 5.74) is 1.32. The highest BCUT2D eigenvalue weighted by molar-refractivity contribution is 7.99. The molecule has 0 aromatic heterocycles. The molecule has 0 spiro atoms. The van der Waals surface area contributed by atoms with Gasteiger partial charge in [0, 0.05) is 4.90 Å². The van der Waals surface area contributed by atoms with Gasteiger partial charge in [-0.1, -0.05) is 67.4 Å². The maximum absolute atomic E-state index is 2.37. The van der Waals surface area contributed by atoms with E-state index in [4.69, 9.17) is 0 Å². The van der Waals surface area contributed by atoms with Gasteiger partial charge in [-0.2, -0.15) is 0 Å². The fourth-order valence-electron chi connectivity index (χ4n) is 3.38. The highest BCUT2D eigenvalue weighted by atomic mass is 32.2. The van der Waals surface area contributed by atoms with Gasteiger partial charge in [0.05, 0.1) is 0 Å². The first-order chi connectivity index (χ1) is 11.8. The highest BCUT2D eigenvalue weighted by Gasteiger charge is 2.06. The molecule has 0 aliphatic carbocycles. The molecule has 0 saturated heterocycles. The number of unbranched alkanes of at least 4 members (excludes halogenated alkanes) is 1. The minimum Gasteiger partial charge on any atom is -0.126 e. The number of thioether (sulfide) groups is 1. The number of rotatable bonds is 4. The van der Waals surface area contributed by atoms with Crippen molar-refractivity contribution >= 4 is 44.1 Å². The van der Waals surface area contributed by atoms with Crippen molar-refractivity contribution in [3.63, 3.8) is 0 Å². The summed E-state index contributed by atoms with van der Waals surface area (Å²) in [6, 6.07) is 22.7. The molecule has 1 heteroatoms. The molecule has 120 valence electrons. The van der Waals surface area contributed by atoms with Crippen molar-refractivity contribution in [2.24, 2.45) is 0 Å². The largest absolute Gasteiger partial charge is 0.126 e. The molecule has 0 amide bonds. The number of benzene rings is 4. The standard InChI is InChI=1S/C23H22S/c1-3-4-13-24-19-10-7-18-9-11-20-21(23(18)15-19)12-8-17-6-5-16(2)14-22(17)20/h5-12,14-15H,3-4,13H2,1-2H3. The van der Waals surface area contributed by atoms with Crippen LogP contribution in [-0.2, 0) is 0 Å². The van der Waals surface area contributed by atoms with Gasteiger partial charge in [-0.25, -0.2) is 0 Å². The molecule has 24 heavy (non-hydrogen) atoms. The Bertz CT molecular complexity index is 1030. The number of hydrogen-bond acceptors (Lipinski definition) is 1. The van der Waals surface area contributed by atoms with Gasteiger partial charge in [0.15, 0.2) is 0 Å². The molecule has 0 heterocycles. The van der Waals surface area contributed by atoms with Crippen LogP contribution >= 0.6 is 11.8 Å². The molecule has 0 bridgehead atoms. The SMILES string of the molecule is CCCCSc1ccc2ccc3c4cc(C)ccc4ccc3c2c1. The molecule has 4 aromatic rings. The number of aryl methyl sites for hydroxylation is 1. The Morgan fingerprint density at radius 1 is 0.708 bits per heavy atom. The second-order valence-electron chi connectivity index (χ2n) is 6.54. The maximum atomic E-state index is 2.37. The van der Waals surface area contributed by atoms with E-state index in [0.717, 1.165) is 0 Å². The minimum atomic E-state index is 1.20. The Balaban J connectivity index is 1.93. The van der Waals surface area contributed by atoms with E-state index in [1.54, 1.807) is 0 Å². The van der Waals surface area contributed by atoms with Crippen molar-refractivity contribution in [1.82, 2.24) is 0 Å². The molecule has 0 saturated carbocycles. The normalized spacial score (nSPS) is 11.6. The molecule has 0 aliphatic rings. The second kappa shape index (κ2) is 6.49. The van der Waals surface area contributed by atoms with Gasteiger partial charge in [-0.15, -0.1) is 11.8 Å². The van der Waals surface area contributed by atoms with Crippen LogP contribution < -0.4 is 0 Å². The summed E-state index contributed by atoms with van der Waals surface area (Å²) in [5.74, 6) is 1.20. The molecule has 0 atom stereocenters. The van der Waals surface area contributed by atoms with Crippen LogP contribution in [0, 0.1) is 6.92 Å². The van der Waals surface area contributed by atoms with E-state index < -0.39 is 0 Å². The molecule has 0 unspecified atom stereocenters. The van der Waals surface area contributed by atoms with Gasteiger partial charge in [0.1, 0.15) is 0 Å². The first-order valence-electron chi connectivity index (χ1n) is 8.75. The third kappa shape index (κ3) is 2.78. The van der Waals surface area contributed by atoms with Crippen molar-refractivity contribution in [3.8, 4) is 0 Å². The van der Waals surface area contributed by atoms with E-state index in [2.05, 4.69) is 74.5 Å². The van der Waals surface area contributed by atoms with Crippen molar-refractivity contribution in [2.45, 2.75) is 31.6 Å². The Morgan fingerprint density at radius 2 is 1.33 bits per heavy atom. The quantitative estimate of drug-likeness (QED) is 0.214. The van der Waals surface area contributed by atoms with Crippen molar-refractivity contribution in [2.75, 3.05) is 5.75 Å². The van der Waals surface area contributed by atoms with Crippen molar-refractivity contribution < 1.29 is 0 Å². The summed E-state index contributed by atoms with van der Waals surface area (Å²) < 4.78 is 0. The lowest BCUT2D eigenvalue weighted by Crippen LogP contribution is -1.83. The monoisotopic (exact) mass is 330 g/mol. The summed E-state index contributed by atoms with van der Waals surface area (Å²) >= 11 is 1.97. The van der Waals surface area contributed by atoms with Crippen LogP contribution in [0.15, 0.2) is 65.6 Å². The zero-order valence-electron chi connectivity index (χ0n) is 14.3. The lowest BCUT2D eigenvalue weighted by atomic mass is 9.96. The first kappa shape index (κ1) is 15.5. The van der Waals surface area contributed by atoms with E-state index in [9.17, 15) is 0 Å². The van der Waals surface area contributed by atoms with Crippen LogP contribution in [0.25, 0.3) is 32.3 Å². The van der Waals surface area contributed by atoms with Crippen LogP contribution in [0.4, 0.5) is 0 Å². The maximum Gasteiger partial charge on any atom is 0.00785 e. The predicted octanol–water partition coefficient (Wildman–Crippen LogP) is 7.35. The van der Waals surface area contributed by atoms with Crippen LogP contribution in [0.1, 0.15) is 25.3 Å². The number of hydrogen-bond donors (Lipinski definition) is 0.